The van der Waals surface area contributed by atoms with Crippen LogP contribution in [0.4, 0.5) is 11.6 Å². The molecule has 2 fully saturated rings. The molecule has 0 amide bonds. The van der Waals surface area contributed by atoms with E-state index in [1.165, 1.54) is 0 Å². The predicted molar refractivity (Wildman–Crippen MR) is 108 cm³/mol. The van der Waals surface area contributed by atoms with E-state index in [0.29, 0.717) is 17.8 Å². The van der Waals surface area contributed by atoms with Crippen molar-refractivity contribution in [1.29, 1.82) is 0 Å². The Labute approximate surface area is 162 Å². The van der Waals surface area contributed by atoms with Crippen LogP contribution in [0.15, 0.2) is 24.5 Å². The van der Waals surface area contributed by atoms with Crippen LogP contribution in [-0.2, 0) is 5.41 Å². The van der Waals surface area contributed by atoms with Crippen LogP contribution in [0.25, 0.3) is 0 Å². The number of aromatic nitrogens is 4. The van der Waals surface area contributed by atoms with Crippen LogP contribution in [-0.4, -0.2) is 46.3 Å². The molecule has 2 aliphatic rings. The summed E-state index contributed by atoms with van der Waals surface area (Å²) < 4.78 is 0. The average Bonchev–Trinajstić information content (AvgIpc) is 3.20. The van der Waals surface area contributed by atoms with Crippen LogP contribution >= 0.6 is 0 Å². The van der Waals surface area contributed by atoms with E-state index in [1.807, 2.05) is 0 Å². The lowest BCUT2D eigenvalue weighted by molar-refractivity contribution is 0.533. The smallest absolute Gasteiger partial charge is 0.151 e. The monoisotopic (exact) mass is 366 g/mol. The van der Waals surface area contributed by atoms with Gasteiger partial charge in [0.05, 0.1) is 5.69 Å². The fraction of sp³-hybridized carbons (Fsp3) is 0.619. The lowest BCUT2D eigenvalue weighted by atomic mass is 9.92. The number of hydrogen-bond donors (Lipinski definition) is 0. The van der Waals surface area contributed by atoms with Crippen LogP contribution in [0.3, 0.4) is 0 Å². The SMILES string of the molecule is CC(C)c1cc(N2CC3CN(c4ccc(C(C)(C)C)nn4)CC3C2)ncn1. The van der Waals surface area contributed by atoms with Crippen molar-refractivity contribution in [3.8, 4) is 0 Å². The molecule has 2 aromatic rings. The first kappa shape index (κ1) is 18.1. The molecule has 2 unspecified atom stereocenters. The van der Waals surface area contributed by atoms with Gasteiger partial charge in [0.2, 0.25) is 0 Å². The van der Waals surface area contributed by atoms with Crippen molar-refractivity contribution >= 4 is 11.6 Å². The Morgan fingerprint density at radius 2 is 1.52 bits per heavy atom. The molecule has 0 aliphatic carbocycles. The van der Waals surface area contributed by atoms with Crippen molar-refractivity contribution < 1.29 is 0 Å². The molecular weight excluding hydrogens is 336 g/mol. The molecule has 0 aromatic carbocycles. The van der Waals surface area contributed by atoms with Crippen LogP contribution < -0.4 is 9.80 Å². The van der Waals surface area contributed by atoms with Gasteiger partial charge in [0.25, 0.3) is 0 Å². The van der Waals surface area contributed by atoms with E-state index >= 15 is 0 Å². The Kier molecular flexibility index (Phi) is 4.52. The van der Waals surface area contributed by atoms with Crippen molar-refractivity contribution in [2.45, 2.75) is 46.0 Å². The molecule has 2 atom stereocenters. The molecule has 0 radical (unpaired) electrons. The molecule has 0 N–H and O–H groups in total. The highest BCUT2D eigenvalue weighted by atomic mass is 15.3. The van der Waals surface area contributed by atoms with Crippen LogP contribution in [0.2, 0.25) is 0 Å². The Bertz CT molecular complexity index is 781. The van der Waals surface area contributed by atoms with E-state index in [1.54, 1.807) is 6.33 Å². The minimum absolute atomic E-state index is 0.0416. The molecule has 6 heteroatoms. The van der Waals surface area contributed by atoms with E-state index in [-0.39, 0.29) is 5.41 Å². The molecule has 0 saturated carbocycles. The molecule has 4 rings (SSSR count). The lowest BCUT2D eigenvalue weighted by Crippen LogP contribution is -2.30. The van der Waals surface area contributed by atoms with Gasteiger partial charge in [-0.25, -0.2) is 9.97 Å². The molecule has 0 spiro atoms. The second-order valence-corrected chi connectivity index (χ2v) is 9.31. The van der Waals surface area contributed by atoms with Gasteiger partial charge in [0.15, 0.2) is 5.82 Å². The summed E-state index contributed by atoms with van der Waals surface area (Å²) in [5.41, 5.74) is 2.20. The van der Waals surface area contributed by atoms with Gasteiger partial charge < -0.3 is 9.80 Å². The molecule has 2 aliphatic heterocycles. The zero-order chi connectivity index (χ0) is 19.2. The predicted octanol–water partition coefficient (Wildman–Crippen LogP) is 3.26. The average molecular weight is 367 g/mol. The number of anilines is 2. The second-order valence-electron chi connectivity index (χ2n) is 9.31. The fourth-order valence-electron chi connectivity index (χ4n) is 4.11. The maximum atomic E-state index is 4.52. The van der Waals surface area contributed by atoms with Crippen LogP contribution in [0.5, 0.6) is 0 Å². The Balaban J connectivity index is 1.42. The Morgan fingerprint density at radius 1 is 0.889 bits per heavy atom. The number of rotatable bonds is 3. The first-order valence-corrected chi connectivity index (χ1v) is 9.97. The van der Waals surface area contributed by atoms with Gasteiger partial charge >= 0.3 is 0 Å². The summed E-state index contributed by atoms with van der Waals surface area (Å²) in [6, 6.07) is 6.41. The highest BCUT2D eigenvalue weighted by Crippen LogP contribution is 2.35. The van der Waals surface area contributed by atoms with Gasteiger partial charge in [-0.05, 0) is 18.1 Å². The van der Waals surface area contributed by atoms with Gasteiger partial charge in [0.1, 0.15) is 12.1 Å². The van der Waals surface area contributed by atoms with E-state index < -0.39 is 0 Å². The van der Waals surface area contributed by atoms with Crippen molar-refractivity contribution in [3.05, 3.63) is 35.9 Å². The summed E-state index contributed by atoms with van der Waals surface area (Å²) >= 11 is 0. The van der Waals surface area contributed by atoms with Gasteiger partial charge in [-0.3, -0.25) is 0 Å². The van der Waals surface area contributed by atoms with Gasteiger partial charge in [-0.2, -0.15) is 5.10 Å². The zero-order valence-electron chi connectivity index (χ0n) is 17.1. The summed E-state index contributed by atoms with van der Waals surface area (Å²) in [5.74, 6) is 3.83. The summed E-state index contributed by atoms with van der Waals surface area (Å²) in [7, 11) is 0. The van der Waals surface area contributed by atoms with Crippen molar-refractivity contribution in [2.24, 2.45) is 11.8 Å². The third-order valence-corrected chi connectivity index (χ3v) is 5.82. The Hall–Kier alpha value is -2.24. The highest BCUT2D eigenvalue weighted by Gasteiger charge is 2.41. The third-order valence-electron chi connectivity index (χ3n) is 5.82. The van der Waals surface area contributed by atoms with Gasteiger partial charge in [0, 0.05) is 55.2 Å². The standard InChI is InChI=1S/C21H30N6/c1-14(2)17-8-20(23-13-22-17)27-11-15-9-26(10-16(15)12-27)19-7-6-18(24-25-19)21(3,4)5/h6-8,13-16H,9-12H2,1-5H3. The summed E-state index contributed by atoms with van der Waals surface area (Å²) in [5, 5.41) is 8.96. The normalized spacial score (nSPS) is 22.6. The van der Waals surface area contributed by atoms with Gasteiger partial charge in [-0.1, -0.05) is 34.6 Å². The maximum absolute atomic E-state index is 4.52. The fourth-order valence-corrected chi connectivity index (χ4v) is 4.11. The number of nitrogens with zero attached hydrogens (tertiary/aromatic N) is 6. The lowest BCUT2D eigenvalue weighted by Gasteiger charge is -2.24. The van der Waals surface area contributed by atoms with Crippen molar-refractivity contribution in [1.82, 2.24) is 20.2 Å². The molecular formula is C21H30N6. The molecule has 144 valence electrons. The van der Waals surface area contributed by atoms with Crippen molar-refractivity contribution in [3.63, 3.8) is 0 Å². The van der Waals surface area contributed by atoms with E-state index in [4.69, 9.17) is 0 Å². The molecule has 2 saturated heterocycles. The van der Waals surface area contributed by atoms with Gasteiger partial charge in [-0.15, -0.1) is 5.10 Å². The van der Waals surface area contributed by atoms with Crippen LogP contribution in [0.1, 0.15) is 51.9 Å². The maximum Gasteiger partial charge on any atom is 0.151 e. The number of fused-ring (bicyclic) bond motifs is 1. The van der Waals surface area contributed by atoms with E-state index in [2.05, 4.69) is 82.8 Å². The summed E-state index contributed by atoms with van der Waals surface area (Å²) in [4.78, 5) is 13.7. The molecule has 4 heterocycles. The molecule has 0 bridgehead atoms. The zero-order valence-corrected chi connectivity index (χ0v) is 17.1. The molecule has 2 aromatic heterocycles. The summed E-state index contributed by atoms with van der Waals surface area (Å²) in [6.07, 6.45) is 1.71. The second kappa shape index (κ2) is 6.73. The van der Waals surface area contributed by atoms with E-state index in [9.17, 15) is 0 Å². The largest absolute Gasteiger partial charge is 0.356 e. The number of hydrogen-bond acceptors (Lipinski definition) is 6. The molecule has 6 nitrogen and oxygen atoms in total. The summed E-state index contributed by atoms with van der Waals surface area (Å²) in [6.45, 7) is 15.1. The Morgan fingerprint density at radius 3 is 2.04 bits per heavy atom. The third kappa shape index (κ3) is 3.62. The molecule has 27 heavy (non-hydrogen) atoms. The minimum atomic E-state index is 0.0416. The van der Waals surface area contributed by atoms with E-state index in [0.717, 1.165) is 49.2 Å². The van der Waals surface area contributed by atoms with Crippen molar-refractivity contribution in [2.75, 3.05) is 36.0 Å². The van der Waals surface area contributed by atoms with Crippen LogP contribution in [0, 0.1) is 11.8 Å². The topological polar surface area (TPSA) is 58.0 Å². The first-order valence-electron chi connectivity index (χ1n) is 9.97. The first-order chi connectivity index (χ1) is 12.8. The minimum Gasteiger partial charge on any atom is -0.356 e. The quantitative estimate of drug-likeness (QED) is 0.831. The highest BCUT2D eigenvalue weighted by molar-refractivity contribution is 5.45.